The summed E-state index contributed by atoms with van der Waals surface area (Å²) >= 11 is 0. The van der Waals surface area contributed by atoms with Crippen molar-refractivity contribution in [1.29, 1.82) is 0 Å². The number of rotatable bonds is 4. The molecule has 0 saturated carbocycles. The third-order valence-electron chi connectivity index (χ3n) is 3.13. The summed E-state index contributed by atoms with van der Waals surface area (Å²) in [5.41, 5.74) is 5.51. The maximum absolute atomic E-state index is 11.7. The molecule has 0 aromatic rings. The highest BCUT2D eigenvalue weighted by molar-refractivity contribution is 5.69. The Hall–Kier alpha value is -0.770. The van der Waals surface area contributed by atoms with Gasteiger partial charge in [-0.25, -0.2) is 4.79 Å². The van der Waals surface area contributed by atoms with Gasteiger partial charge in [0.2, 0.25) is 0 Å². The Labute approximate surface area is 91.8 Å². The molecule has 1 amide bonds. The van der Waals surface area contributed by atoms with E-state index in [-0.39, 0.29) is 11.6 Å². The van der Waals surface area contributed by atoms with E-state index in [2.05, 4.69) is 6.92 Å². The van der Waals surface area contributed by atoms with Gasteiger partial charge in [-0.2, -0.15) is 0 Å². The molecule has 1 heterocycles. The molecule has 4 nitrogen and oxygen atoms in total. The Bertz CT molecular complexity index is 221. The van der Waals surface area contributed by atoms with Gasteiger partial charge >= 0.3 is 6.09 Å². The molecule has 1 unspecified atom stereocenters. The molecule has 0 aliphatic carbocycles. The summed E-state index contributed by atoms with van der Waals surface area (Å²) in [6.07, 6.45) is 3.78. The normalized spacial score (nSPS) is 25.7. The van der Waals surface area contributed by atoms with Crippen molar-refractivity contribution < 1.29 is 9.53 Å². The molecule has 0 aromatic heterocycles. The van der Waals surface area contributed by atoms with Crippen LogP contribution in [0.15, 0.2) is 0 Å². The minimum atomic E-state index is -0.200. The molecule has 0 spiro atoms. The summed E-state index contributed by atoms with van der Waals surface area (Å²) in [5, 5.41) is 0. The molecular formula is C11H22N2O2. The molecule has 15 heavy (non-hydrogen) atoms. The third-order valence-corrected chi connectivity index (χ3v) is 3.13. The molecule has 1 aliphatic rings. The highest BCUT2D eigenvalue weighted by atomic mass is 16.6. The number of nitrogens with zero attached hydrogens (tertiary/aromatic N) is 1. The van der Waals surface area contributed by atoms with Crippen LogP contribution in [0.2, 0.25) is 0 Å². The van der Waals surface area contributed by atoms with Crippen molar-refractivity contribution in [2.75, 3.05) is 19.7 Å². The van der Waals surface area contributed by atoms with Gasteiger partial charge < -0.3 is 15.4 Å². The Kier molecular flexibility index (Phi) is 4.39. The number of hydrogen-bond acceptors (Lipinski definition) is 3. The standard InChI is InChI=1S/C11H22N2O2/c1-3-4-8-15-10(14)13-7-5-6-11(13,2)9-12/h3-9,12H2,1-2H3. The molecule has 88 valence electrons. The predicted molar refractivity (Wildman–Crippen MR) is 59.7 cm³/mol. The minimum Gasteiger partial charge on any atom is -0.449 e. The second-order valence-electron chi connectivity index (χ2n) is 4.42. The number of carbonyl (C=O) groups is 1. The topological polar surface area (TPSA) is 55.6 Å². The number of nitrogens with two attached hydrogens (primary N) is 1. The lowest BCUT2D eigenvalue weighted by atomic mass is 10.00. The molecule has 1 atom stereocenters. The number of unbranched alkanes of at least 4 members (excludes halogenated alkanes) is 1. The van der Waals surface area contributed by atoms with Crippen molar-refractivity contribution in [2.24, 2.45) is 5.73 Å². The number of carbonyl (C=O) groups excluding carboxylic acids is 1. The average Bonchev–Trinajstić information content (AvgIpc) is 2.61. The van der Waals surface area contributed by atoms with E-state index in [4.69, 9.17) is 10.5 Å². The molecule has 1 fully saturated rings. The lowest BCUT2D eigenvalue weighted by Crippen LogP contribution is -2.50. The SMILES string of the molecule is CCCCOC(=O)N1CCCC1(C)CN. The van der Waals surface area contributed by atoms with E-state index in [1.165, 1.54) is 0 Å². The van der Waals surface area contributed by atoms with Crippen LogP contribution in [0.5, 0.6) is 0 Å². The van der Waals surface area contributed by atoms with Crippen LogP contribution in [0, 0.1) is 0 Å². The van der Waals surface area contributed by atoms with E-state index in [0.29, 0.717) is 13.2 Å². The predicted octanol–water partition coefficient (Wildman–Crippen LogP) is 1.74. The van der Waals surface area contributed by atoms with Gasteiger partial charge in [-0.15, -0.1) is 0 Å². The first-order chi connectivity index (χ1) is 7.14. The highest BCUT2D eigenvalue weighted by Gasteiger charge is 2.39. The van der Waals surface area contributed by atoms with Gasteiger partial charge in [0.25, 0.3) is 0 Å². The second kappa shape index (κ2) is 5.35. The van der Waals surface area contributed by atoms with Crippen molar-refractivity contribution in [3.05, 3.63) is 0 Å². The first kappa shape index (κ1) is 12.3. The zero-order valence-corrected chi connectivity index (χ0v) is 9.79. The Morgan fingerprint density at radius 3 is 2.93 bits per heavy atom. The molecule has 1 aliphatic heterocycles. The van der Waals surface area contributed by atoms with Crippen LogP contribution >= 0.6 is 0 Å². The molecule has 0 aromatic carbocycles. The zero-order chi connectivity index (χ0) is 11.3. The van der Waals surface area contributed by atoms with E-state index in [1.54, 1.807) is 4.90 Å². The summed E-state index contributed by atoms with van der Waals surface area (Å²) < 4.78 is 5.20. The quantitative estimate of drug-likeness (QED) is 0.725. The summed E-state index contributed by atoms with van der Waals surface area (Å²) in [7, 11) is 0. The molecule has 2 N–H and O–H groups in total. The largest absolute Gasteiger partial charge is 0.449 e. The van der Waals surface area contributed by atoms with Crippen molar-refractivity contribution >= 4 is 6.09 Å². The summed E-state index contributed by atoms with van der Waals surface area (Å²) in [6.45, 7) is 5.91. The number of likely N-dealkylation sites (tertiary alicyclic amines) is 1. The van der Waals surface area contributed by atoms with E-state index < -0.39 is 0 Å². The molecule has 1 saturated heterocycles. The van der Waals surface area contributed by atoms with E-state index in [9.17, 15) is 4.79 Å². The summed E-state index contributed by atoms with van der Waals surface area (Å²) in [4.78, 5) is 13.5. The minimum absolute atomic E-state index is 0.191. The van der Waals surface area contributed by atoms with Gasteiger partial charge in [0.15, 0.2) is 0 Å². The number of hydrogen-bond donors (Lipinski definition) is 1. The van der Waals surface area contributed by atoms with Gasteiger partial charge in [0, 0.05) is 13.1 Å². The van der Waals surface area contributed by atoms with Gasteiger partial charge in [0.1, 0.15) is 0 Å². The van der Waals surface area contributed by atoms with Crippen molar-refractivity contribution in [2.45, 2.75) is 45.1 Å². The lowest BCUT2D eigenvalue weighted by Gasteiger charge is -2.33. The average molecular weight is 214 g/mol. The molecule has 1 rings (SSSR count). The van der Waals surface area contributed by atoms with E-state index >= 15 is 0 Å². The molecular weight excluding hydrogens is 192 g/mol. The lowest BCUT2D eigenvalue weighted by molar-refractivity contribution is 0.0767. The van der Waals surface area contributed by atoms with Gasteiger partial charge in [-0.3, -0.25) is 0 Å². The van der Waals surface area contributed by atoms with Crippen LogP contribution in [0.3, 0.4) is 0 Å². The zero-order valence-electron chi connectivity index (χ0n) is 9.79. The van der Waals surface area contributed by atoms with Crippen LogP contribution < -0.4 is 5.73 Å². The van der Waals surface area contributed by atoms with Crippen molar-refractivity contribution in [3.8, 4) is 0 Å². The molecule has 0 radical (unpaired) electrons. The van der Waals surface area contributed by atoms with E-state index in [0.717, 1.165) is 32.2 Å². The highest BCUT2D eigenvalue weighted by Crippen LogP contribution is 2.28. The fraction of sp³-hybridized carbons (Fsp3) is 0.909. The number of ether oxygens (including phenoxy) is 1. The third kappa shape index (κ3) is 2.84. The first-order valence-corrected chi connectivity index (χ1v) is 5.78. The molecule has 0 bridgehead atoms. The fourth-order valence-corrected chi connectivity index (χ4v) is 1.93. The van der Waals surface area contributed by atoms with E-state index in [1.807, 2.05) is 6.92 Å². The second-order valence-corrected chi connectivity index (χ2v) is 4.42. The maximum atomic E-state index is 11.7. The Morgan fingerprint density at radius 2 is 2.33 bits per heavy atom. The Morgan fingerprint density at radius 1 is 1.60 bits per heavy atom. The maximum Gasteiger partial charge on any atom is 0.410 e. The van der Waals surface area contributed by atoms with Gasteiger partial charge in [-0.1, -0.05) is 13.3 Å². The summed E-state index contributed by atoms with van der Waals surface area (Å²) in [6, 6.07) is 0. The Balaban J connectivity index is 2.44. The monoisotopic (exact) mass is 214 g/mol. The fourth-order valence-electron chi connectivity index (χ4n) is 1.93. The van der Waals surface area contributed by atoms with Crippen molar-refractivity contribution in [3.63, 3.8) is 0 Å². The van der Waals surface area contributed by atoms with Crippen LogP contribution in [-0.2, 0) is 4.74 Å². The van der Waals surface area contributed by atoms with Crippen LogP contribution in [0.1, 0.15) is 39.5 Å². The first-order valence-electron chi connectivity index (χ1n) is 5.78. The molecule has 4 heteroatoms. The van der Waals surface area contributed by atoms with Crippen molar-refractivity contribution in [1.82, 2.24) is 4.90 Å². The van der Waals surface area contributed by atoms with Crippen LogP contribution in [0.4, 0.5) is 4.79 Å². The van der Waals surface area contributed by atoms with Gasteiger partial charge in [-0.05, 0) is 26.2 Å². The van der Waals surface area contributed by atoms with Crippen LogP contribution in [0.25, 0.3) is 0 Å². The summed E-state index contributed by atoms with van der Waals surface area (Å²) in [5.74, 6) is 0. The smallest absolute Gasteiger partial charge is 0.410 e. The number of amides is 1. The van der Waals surface area contributed by atoms with Crippen LogP contribution in [-0.4, -0.2) is 36.2 Å². The van der Waals surface area contributed by atoms with Gasteiger partial charge in [0.05, 0.1) is 12.1 Å².